The molecule has 0 amide bonds. The van der Waals surface area contributed by atoms with Crippen LogP contribution in [0, 0.1) is 5.82 Å². The van der Waals surface area contributed by atoms with Gasteiger partial charge < -0.3 is 14.8 Å². The van der Waals surface area contributed by atoms with Crippen LogP contribution in [0.5, 0.6) is 0 Å². The molecule has 2 aromatic rings. The maximum Gasteiger partial charge on any atom is 0.416 e. The van der Waals surface area contributed by atoms with E-state index in [9.17, 15) is 30.7 Å². The van der Waals surface area contributed by atoms with E-state index in [0.717, 1.165) is 0 Å². The number of nitrogens with one attached hydrogen (secondary N) is 1. The second-order valence-electron chi connectivity index (χ2n) is 6.84. The lowest BCUT2D eigenvalue weighted by molar-refractivity contribution is -0.200. The van der Waals surface area contributed by atoms with E-state index in [2.05, 4.69) is 5.32 Å². The second-order valence-corrected chi connectivity index (χ2v) is 6.84. The van der Waals surface area contributed by atoms with E-state index in [-0.39, 0.29) is 18.2 Å². The molecule has 0 saturated carbocycles. The topological polar surface area (TPSA) is 30.5 Å². The third kappa shape index (κ3) is 5.30. The van der Waals surface area contributed by atoms with Crippen LogP contribution in [0.3, 0.4) is 0 Å². The lowest BCUT2D eigenvalue weighted by atomic mass is 10.0. The van der Waals surface area contributed by atoms with Crippen LogP contribution in [-0.2, 0) is 21.8 Å². The summed E-state index contributed by atoms with van der Waals surface area (Å²) in [6.07, 6.45) is -12.0. The van der Waals surface area contributed by atoms with Crippen molar-refractivity contribution in [2.45, 2.75) is 37.7 Å². The van der Waals surface area contributed by atoms with Crippen LogP contribution in [0.1, 0.15) is 41.3 Å². The minimum atomic E-state index is -4.95. The number of benzene rings is 2. The first kappa shape index (κ1) is 22.5. The van der Waals surface area contributed by atoms with E-state index in [1.165, 1.54) is 31.2 Å². The highest BCUT2D eigenvalue weighted by Gasteiger charge is 2.38. The van der Waals surface area contributed by atoms with Crippen molar-refractivity contribution in [1.82, 2.24) is 5.32 Å². The third-order valence-electron chi connectivity index (χ3n) is 4.67. The predicted octanol–water partition coefficient (Wildman–Crippen LogP) is 5.63. The average Bonchev–Trinajstić information content (AvgIpc) is 2.67. The molecular weight excluding hydrogens is 419 g/mol. The quantitative estimate of drug-likeness (QED) is 0.630. The summed E-state index contributed by atoms with van der Waals surface area (Å²) in [7, 11) is 0. The van der Waals surface area contributed by atoms with Crippen molar-refractivity contribution >= 4 is 0 Å². The fraction of sp³-hybridized carbons (Fsp3) is 0.400. The van der Waals surface area contributed by atoms with Gasteiger partial charge in [-0.05, 0) is 48.4 Å². The van der Waals surface area contributed by atoms with Crippen LogP contribution >= 0.6 is 0 Å². The van der Waals surface area contributed by atoms with Gasteiger partial charge in [0.15, 0.2) is 6.29 Å². The van der Waals surface area contributed by atoms with Crippen LogP contribution in [0.2, 0.25) is 0 Å². The highest BCUT2D eigenvalue weighted by molar-refractivity contribution is 5.34. The number of halogens is 7. The van der Waals surface area contributed by atoms with Gasteiger partial charge in [-0.3, -0.25) is 0 Å². The normalized spacial score (nSPS) is 21.5. The van der Waals surface area contributed by atoms with Gasteiger partial charge >= 0.3 is 12.4 Å². The third-order valence-corrected chi connectivity index (χ3v) is 4.67. The van der Waals surface area contributed by atoms with Gasteiger partial charge in [-0.25, -0.2) is 4.39 Å². The largest absolute Gasteiger partial charge is 0.416 e. The monoisotopic (exact) mass is 437 g/mol. The molecule has 1 fully saturated rings. The Bertz CT molecular complexity index is 833. The van der Waals surface area contributed by atoms with Crippen LogP contribution in [0.4, 0.5) is 30.7 Å². The maximum atomic E-state index is 13.2. The van der Waals surface area contributed by atoms with Crippen molar-refractivity contribution in [3.63, 3.8) is 0 Å². The Hall–Kier alpha value is -2.17. The first-order valence-corrected chi connectivity index (χ1v) is 9.00. The molecule has 0 aromatic heterocycles. The molecule has 3 rings (SSSR count). The molecule has 164 valence electrons. The van der Waals surface area contributed by atoms with Crippen molar-refractivity contribution < 1.29 is 40.2 Å². The van der Waals surface area contributed by atoms with E-state index < -0.39 is 47.7 Å². The summed E-state index contributed by atoms with van der Waals surface area (Å²) in [5.74, 6) is -0.454. The summed E-state index contributed by atoms with van der Waals surface area (Å²) in [4.78, 5) is 0. The minimum absolute atomic E-state index is 0.0657. The van der Waals surface area contributed by atoms with Crippen molar-refractivity contribution in [2.24, 2.45) is 0 Å². The van der Waals surface area contributed by atoms with E-state index in [1.54, 1.807) is 0 Å². The Labute approximate surface area is 167 Å². The summed E-state index contributed by atoms with van der Waals surface area (Å²) < 4.78 is 103. The van der Waals surface area contributed by atoms with Crippen molar-refractivity contribution in [2.75, 3.05) is 13.2 Å². The van der Waals surface area contributed by atoms with Crippen molar-refractivity contribution in [3.05, 3.63) is 70.5 Å². The lowest BCUT2D eigenvalue weighted by Crippen LogP contribution is -2.43. The summed E-state index contributed by atoms with van der Waals surface area (Å²) in [6.45, 7) is 2.01. The Balaban J connectivity index is 1.88. The lowest BCUT2D eigenvalue weighted by Gasteiger charge is -2.34. The number of ether oxygens (including phenoxy) is 2. The molecule has 1 aliphatic rings. The molecule has 0 bridgehead atoms. The molecule has 3 atom stereocenters. The number of rotatable bonds is 4. The molecule has 1 N–H and O–H groups in total. The van der Waals surface area contributed by atoms with E-state index in [0.29, 0.717) is 24.2 Å². The standard InChI is InChI=1S/C20H18F7NO2/c1-11(13-8-14(19(22,23)24)10-15(9-13)20(25,26)27)30-18-17(28-6-7-29-18)12-2-4-16(21)5-3-12/h2-5,8-11,17-18,28H,6-7H2,1H3/t11-,17+,18+/m0/s1. The highest BCUT2D eigenvalue weighted by Crippen LogP contribution is 2.38. The Morgan fingerprint density at radius 2 is 1.53 bits per heavy atom. The Morgan fingerprint density at radius 1 is 0.967 bits per heavy atom. The van der Waals surface area contributed by atoms with Gasteiger partial charge in [0.25, 0.3) is 0 Å². The number of hydrogen-bond donors (Lipinski definition) is 1. The zero-order valence-electron chi connectivity index (χ0n) is 15.6. The molecule has 0 unspecified atom stereocenters. The molecular formula is C20H18F7NO2. The molecule has 3 nitrogen and oxygen atoms in total. The number of alkyl halides is 6. The summed E-state index contributed by atoms with van der Waals surface area (Å²) in [5.41, 5.74) is -2.52. The molecule has 1 saturated heterocycles. The summed E-state index contributed by atoms with van der Waals surface area (Å²) in [5, 5.41) is 3.10. The molecule has 10 heteroatoms. The van der Waals surface area contributed by atoms with Crippen LogP contribution in [0.15, 0.2) is 42.5 Å². The van der Waals surface area contributed by atoms with Crippen molar-refractivity contribution in [1.29, 1.82) is 0 Å². The molecule has 2 aromatic carbocycles. The summed E-state index contributed by atoms with van der Waals surface area (Å²) in [6, 6.07) is 6.20. The zero-order chi connectivity index (χ0) is 22.1. The van der Waals surface area contributed by atoms with Crippen LogP contribution in [0.25, 0.3) is 0 Å². The number of morpholine rings is 1. The van der Waals surface area contributed by atoms with Gasteiger partial charge in [-0.1, -0.05) is 12.1 Å². The second kappa shape index (κ2) is 8.52. The highest BCUT2D eigenvalue weighted by atomic mass is 19.4. The molecule has 1 aliphatic heterocycles. The van der Waals surface area contributed by atoms with Crippen LogP contribution in [-0.4, -0.2) is 19.4 Å². The fourth-order valence-corrected chi connectivity index (χ4v) is 3.14. The van der Waals surface area contributed by atoms with E-state index in [1.807, 2.05) is 0 Å². The molecule has 0 radical (unpaired) electrons. The minimum Gasteiger partial charge on any atom is -0.349 e. The van der Waals surface area contributed by atoms with Crippen LogP contribution < -0.4 is 5.32 Å². The van der Waals surface area contributed by atoms with E-state index >= 15 is 0 Å². The molecule has 1 heterocycles. The van der Waals surface area contributed by atoms with Gasteiger partial charge in [0.2, 0.25) is 0 Å². The van der Waals surface area contributed by atoms with Gasteiger partial charge in [0, 0.05) is 6.54 Å². The van der Waals surface area contributed by atoms with Crippen molar-refractivity contribution in [3.8, 4) is 0 Å². The zero-order valence-corrected chi connectivity index (χ0v) is 15.6. The number of hydrogen-bond acceptors (Lipinski definition) is 3. The SMILES string of the molecule is C[C@H](O[C@H]1OCCN[C@@H]1c1ccc(F)cc1)c1cc(C(F)(F)F)cc(C(F)(F)F)c1. The van der Waals surface area contributed by atoms with Gasteiger partial charge in [0.1, 0.15) is 5.82 Å². The predicted molar refractivity (Wildman–Crippen MR) is 92.8 cm³/mol. The van der Waals surface area contributed by atoms with E-state index in [4.69, 9.17) is 9.47 Å². The Kier molecular flexibility index (Phi) is 6.40. The fourth-order valence-electron chi connectivity index (χ4n) is 3.14. The summed E-state index contributed by atoms with van der Waals surface area (Å²) >= 11 is 0. The smallest absolute Gasteiger partial charge is 0.349 e. The first-order valence-electron chi connectivity index (χ1n) is 9.00. The molecule has 0 aliphatic carbocycles. The maximum absolute atomic E-state index is 13.2. The van der Waals surface area contributed by atoms with Gasteiger partial charge in [-0.15, -0.1) is 0 Å². The van der Waals surface area contributed by atoms with Gasteiger partial charge in [-0.2, -0.15) is 26.3 Å². The first-order chi connectivity index (χ1) is 13.9. The molecule has 0 spiro atoms. The average molecular weight is 437 g/mol. The Morgan fingerprint density at radius 3 is 2.07 bits per heavy atom. The van der Waals surface area contributed by atoms with Gasteiger partial charge in [0.05, 0.1) is 29.9 Å². The molecule has 30 heavy (non-hydrogen) atoms.